The number of nitrogens with two attached hydrogens (primary N) is 1. The molecular formula is C11H17N3O2. The van der Waals surface area contributed by atoms with Gasteiger partial charge in [0.2, 0.25) is 5.56 Å². The fourth-order valence-electron chi connectivity index (χ4n) is 1.45. The number of rotatable bonds is 5. The van der Waals surface area contributed by atoms with Crippen LogP contribution >= 0.6 is 0 Å². The lowest BCUT2D eigenvalue weighted by molar-refractivity contribution is 0.0936. The predicted octanol–water partition coefficient (Wildman–Crippen LogP) is 0.232. The minimum absolute atomic E-state index is 0.0308. The maximum Gasteiger partial charge on any atom is 0.251 e. The molecule has 1 atom stereocenters. The molecule has 88 valence electrons. The van der Waals surface area contributed by atoms with E-state index >= 15 is 0 Å². The van der Waals surface area contributed by atoms with Crippen molar-refractivity contribution < 1.29 is 4.79 Å². The van der Waals surface area contributed by atoms with Crippen molar-refractivity contribution in [2.45, 2.75) is 25.8 Å². The highest BCUT2D eigenvalue weighted by Gasteiger charge is 2.11. The van der Waals surface area contributed by atoms with Crippen molar-refractivity contribution in [2.75, 3.05) is 6.54 Å². The van der Waals surface area contributed by atoms with E-state index in [4.69, 9.17) is 5.73 Å². The molecule has 0 bridgehead atoms. The second-order valence-electron chi connectivity index (χ2n) is 3.64. The lowest BCUT2D eigenvalue weighted by atomic mass is 10.1. The summed E-state index contributed by atoms with van der Waals surface area (Å²) >= 11 is 0. The lowest BCUT2D eigenvalue weighted by Gasteiger charge is -2.15. The zero-order chi connectivity index (χ0) is 12.0. The third-order valence-corrected chi connectivity index (χ3v) is 2.29. The Morgan fingerprint density at radius 3 is 2.94 bits per heavy atom. The highest BCUT2D eigenvalue weighted by molar-refractivity contribution is 5.94. The fourth-order valence-corrected chi connectivity index (χ4v) is 1.45. The Morgan fingerprint density at radius 2 is 2.38 bits per heavy atom. The van der Waals surface area contributed by atoms with Crippen LogP contribution in [-0.2, 0) is 0 Å². The standard InChI is InChI=1S/C11H17N3O2/c1-2-3-9(7-12)14-11(16)8-4-5-13-10(15)6-8/h4-6,9H,2-3,7,12H2,1H3,(H,13,15)(H,14,16). The summed E-state index contributed by atoms with van der Waals surface area (Å²) < 4.78 is 0. The average molecular weight is 223 g/mol. The minimum atomic E-state index is -0.285. The molecule has 0 radical (unpaired) electrons. The molecule has 1 heterocycles. The number of hydrogen-bond acceptors (Lipinski definition) is 3. The Morgan fingerprint density at radius 1 is 1.62 bits per heavy atom. The topological polar surface area (TPSA) is 88.0 Å². The van der Waals surface area contributed by atoms with Crippen LogP contribution in [0.25, 0.3) is 0 Å². The Kier molecular flexibility index (Phi) is 4.72. The molecule has 1 aromatic rings. The van der Waals surface area contributed by atoms with Gasteiger partial charge < -0.3 is 16.0 Å². The van der Waals surface area contributed by atoms with Crippen molar-refractivity contribution in [3.63, 3.8) is 0 Å². The van der Waals surface area contributed by atoms with Crippen molar-refractivity contribution in [1.82, 2.24) is 10.3 Å². The summed E-state index contributed by atoms with van der Waals surface area (Å²) in [7, 11) is 0. The molecule has 1 aromatic heterocycles. The SMILES string of the molecule is CCCC(CN)NC(=O)c1cc[nH]c(=O)c1. The van der Waals surface area contributed by atoms with Crippen molar-refractivity contribution in [1.29, 1.82) is 0 Å². The van der Waals surface area contributed by atoms with Crippen molar-refractivity contribution >= 4 is 5.91 Å². The summed E-state index contributed by atoms with van der Waals surface area (Å²) in [5, 5.41) is 2.79. The summed E-state index contributed by atoms with van der Waals surface area (Å²) in [6.45, 7) is 2.44. The Hall–Kier alpha value is -1.62. The number of aromatic amines is 1. The van der Waals surface area contributed by atoms with Crippen LogP contribution in [0.15, 0.2) is 23.1 Å². The number of hydrogen-bond donors (Lipinski definition) is 3. The first-order chi connectivity index (χ1) is 7.67. The first kappa shape index (κ1) is 12.4. The summed E-state index contributed by atoms with van der Waals surface area (Å²) in [6, 6.07) is 2.81. The highest BCUT2D eigenvalue weighted by atomic mass is 16.2. The van der Waals surface area contributed by atoms with Crippen molar-refractivity contribution in [3.8, 4) is 0 Å². The van der Waals surface area contributed by atoms with E-state index in [1.165, 1.54) is 12.3 Å². The van der Waals surface area contributed by atoms with Gasteiger partial charge in [-0.15, -0.1) is 0 Å². The van der Waals surface area contributed by atoms with Gasteiger partial charge in [-0.3, -0.25) is 9.59 Å². The van der Waals surface area contributed by atoms with E-state index in [-0.39, 0.29) is 17.5 Å². The van der Waals surface area contributed by atoms with E-state index in [0.717, 1.165) is 12.8 Å². The number of carbonyl (C=O) groups is 1. The Balaban J connectivity index is 2.67. The van der Waals surface area contributed by atoms with E-state index in [9.17, 15) is 9.59 Å². The third kappa shape index (κ3) is 3.51. The third-order valence-electron chi connectivity index (χ3n) is 2.29. The molecule has 0 fully saturated rings. The van der Waals surface area contributed by atoms with Gasteiger partial charge in [0.1, 0.15) is 0 Å². The van der Waals surface area contributed by atoms with Gasteiger partial charge in [0.25, 0.3) is 5.91 Å². The normalized spacial score (nSPS) is 12.1. The molecule has 0 spiro atoms. The average Bonchev–Trinajstić information content (AvgIpc) is 2.28. The van der Waals surface area contributed by atoms with Crippen LogP contribution in [-0.4, -0.2) is 23.5 Å². The first-order valence-corrected chi connectivity index (χ1v) is 5.37. The quantitative estimate of drug-likeness (QED) is 0.667. The molecule has 0 saturated heterocycles. The van der Waals surface area contributed by atoms with Crippen LogP contribution < -0.4 is 16.6 Å². The van der Waals surface area contributed by atoms with Gasteiger partial charge in [0.15, 0.2) is 0 Å². The molecular weight excluding hydrogens is 206 g/mol. The number of amides is 1. The van der Waals surface area contributed by atoms with E-state index in [2.05, 4.69) is 10.3 Å². The monoisotopic (exact) mass is 223 g/mol. The zero-order valence-corrected chi connectivity index (χ0v) is 9.32. The van der Waals surface area contributed by atoms with Crippen LogP contribution in [0.4, 0.5) is 0 Å². The maximum atomic E-state index is 11.7. The van der Waals surface area contributed by atoms with Gasteiger partial charge in [-0.1, -0.05) is 13.3 Å². The molecule has 1 amide bonds. The van der Waals surface area contributed by atoms with Crippen LogP contribution in [0.2, 0.25) is 0 Å². The second-order valence-corrected chi connectivity index (χ2v) is 3.64. The zero-order valence-electron chi connectivity index (χ0n) is 9.32. The largest absolute Gasteiger partial charge is 0.348 e. The minimum Gasteiger partial charge on any atom is -0.348 e. The van der Waals surface area contributed by atoms with E-state index in [1.807, 2.05) is 6.92 Å². The van der Waals surface area contributed by atoms with Crippen molar-refractivity contribution in [2.24, 2.45) is 5.73 Å². The molecule has 5 heteroatoms. The first-order valence-electron chi connectivity index (χ1n) is 5.37. The molecule has 0 aliphatic rings. The van der Waals surface area contributed by atoms with Crippen LogP contribution in [0, 0.1) is 0 Å². The molecule has 4 N–H and O–H groups in total. The summed E-state index contributed by atoms with van der Waals surface area (Å²) in [6.07, 6.45) is 3.25. The number of nitrogens with one attached hydrogen (secondary N) is 2. The summed E-state index contributed by atoms with van der Waals surface area (Å²) in [5.41, 5.74) is 5.61. The smallest absolute Gasteiger partial charge is 0.251 e. The fraction of sp³-hybridized carbons (Fsp3) is 0.455. The van der Waals surface area contributed by atoms with Gasteiger partial charge in [-0.25, -0.2) is 0 Å². The molecule has 0 aromatic carbocycles. The van der Waals surface area contributed by atoms with E-state index < -0.39 is 0 Å². The lowest BCUT2D eigenvalue weighted by Crippen LogP contribution is -2.40. The summed E-state index contributed by atoms with van der Waals surface area (Å²) in [4.78, 5) is 25.2. The number of carbonyl (C=O) groups excluding carboxylic acids is 1. The van der Waals surface area contributed by atoms with Gasteiger partial charge in [0.05, 0.1) is 0 Å². The van der Waals surface area contributed by atoms with Gasteiger partial charge >= 0.3 is 0 Å². The van der Waals surface area contributed by atoms with Gasteiger partial charge in [-0.2, -0.15) is 0 Å². The molecule has 1 unspecified atom stereocenters. The number of aromatic nitrogens is 1. The van der Waals surface area contributed by atoms with Crippen molar-refractivity contribution in [3.05, 3.63) is 34.2 Å². The van der Waals surface area contributed by atoms with Gasteiger partial charge in [0, 0.05) is 30.4 Å². The van der Waals surface area contributed by atoms with E-state index in [1.54, 1.807) is 6.07 Å². The molecule has 0 aliphatic heterocycles. The number of H-pyrrole nitrogens is 1. The molecule has 0 aliphatic carbocycles. The van der Waals surface area contributed by atoms with E-state index in [0.29, 0.717) is 12.1 Å². The summed E-state index contributed by atoms with van der Waals surface area (Å²) in [5.74, 6) is -0.255. The Bertz CT molecular complexity index is 400. The van der Waals surface area contributed by atoms with Crippen LogP contribution in [0.5, 0.6) is 0 Å². The second kappa shape index (κ2) is 6.07. The van der Waals surface area contributed by atoms with Crippen LogP contribution in [0.3, 0.4) is 0 Å². The molecule has 16 heavy (non-hydrogen) atoms. The van der Waals surface area contributed by atoms with Crippen LogP contribution in [0.1, 0.15) is 30.1 Å². The highest BCUT2D eigenvalue weighted by Crippen LogP contribution is 1.98. The van der Waals surface area contributed by atoms with Gasteiger partial charge in [-0.05, 0) is 12.5 Å². The maximum absolute atomic E-state index is 11.7. The predicted molar refractivity (Wildman–Crippen MR) is 62.3 cm³/mol. The molecule has 0 saturated carbocycles. The molecule has 5 nitrogen and oxygen atoms in total. The number of pyridine rings is 1. The Labute approximate surface area is 94.1 Å². The molecule has 1 rings (SSSR count).